The molecule has 0 radical (unpaired) electrons. The Bertz CT molecular complexity index is 417. The summed E-state index contributed by atoms with van der Waals surface area (Å²) in [5.74, 6) is 1.32. The second-order valence-electron chi connectivity index (χ2n) is 4.38. The standard InChI is InChI=1S/C11H14ClN3O2/c1-16-9-10(12)13-6-14-11(9)15-4-7-2-3-8(5-15)17-7/h6-8H,2-5H2,1H3. The summed E-state index contributed by atoms with van der Waals surface area (Å²) in [6.07, 6.45) is 4.35. The number of ether oxygens (including phenoxy) is 2. The zero-order valence-electron chi connectivity index (χ0n) is 9.60. The summed E-state index contributed by atoms with van der Waals surface area (Å²) < 4.78 is 11.1. The van der Waals surface area contributed by atoms with Crippen molar-refractivity contribution in [3.63, 3.8) is 0 Å². The van der Waals surface area contributed by atoms with Gasteiger partial charge in [0, 0.05) is 13.1 Å². The highest BCUT2D eigenvalue weighted by atomic mass is 35.5. The summed E-state index contributed by atoms with van der Waals surface area (Å²) in [4.78, 5) is 10.4. The van der Waals surface area contributed by atoms with Crippen LogP contribution in [0.5, 0.6) is 5.75 Å². The minimum Gasteiger partial charge on any atom is -0.490 e. The highest BCUT2D eigenvalue weighted by Gasteiger charge is 2.35. The lowest BCUT2D eigenvalue weighted by Gasteiger charge is -2.33. The first kappa shape index (κ1) is 11.0. The van der Waals surface area contributed by atoms with E-state index >= 15 is 0 Å². The van der Waals surface area contributed by atoms with E-state index in [0.717, 1.165) is 31.7 Å². The maximum atomic E-state index is 6.00. The van der Waals surface area contributed by atoms with E-state index in [9.17, 15) is 0 Å². The lowest BCUT2D eigenvalue weighted by Crippen LogP contribution is -2.43. The zero-order valence-corrected chi connectivity index (χ0v) is 10.4. The van der Waals surface area contributed by atoms with E-state index in [1.54, 1.807) is 7.11 Å². The van der Waals surface area contributed by atoms with Crippen LogP contribution in [0.4, 0.5) is 5.82 Å². The number of hydrogen-bond acceptors (Lipinski definition) is 5. The number of aromatic nitrogens is 2. The molecule has 0 N–H and O–H groups in total. The molecule has 2 unspecified atom stereocenters. The third-order valence-corrected chi connectivity index (χ3v) is 3.56. The van der Waals surface area contributed by atoms with Crippen LogP contribution in [0.15, 0.2) is 6.33 Å². The quantitative estimate of drug-likeness (QED) is 0.750. The number of methoxy groups -OCH3 is 1. The Kier molecular flexibility index (Phi) is 2.80. The molecule has 0 aliphatic carbocycles. The first-order valence-corrected chi connectivity index (χ1v) is 6.10. The van der Waals surface area contributed by atoms with Gasteiger partial charge in [-0.3, -0.25) is 0 Å². The molecule has 2 saturated heterocycles. The van der Waals surface area contributed by atoms with Gasteiger partial charge in [0.1, 0.15) is 6.33 Å². The fourth-order valence-corrected chi connectivity index (χ4v) is 2.74. The summed E-state index contributed by atoms with van der Waals surface area (Å²) in [7, 11) is 1.59. The molecule has 2 bridgehead atoms. The van der Waals surface area contributed by atoms with E-state index in [2.05, 4.69) is 14.9 Å². The minimum atomic E-state index is 0.312. The van der Waals surface area contributed by atoms with E-state index in [4.69, 9.17) is 21.1 Å². The van der Waals surface area contributed by atoms with Gasteiger partial charge in [0.05, 0.1) is 19.3 Å². The normalized spacial score (nSPS) is 27.3. The first-order chi connectivity index (χ1) is 8.28. The molecule has 0 aromatic carbocycles. The molecule has 2 atom stereocenters. The second-order valence-corrected chi connectivity index (χ2v) is 4.74. The van der Waals surface area contributed by atoms with Crippen LogP contribution in [0, 0.1) is 0 Å². The number of morpholine rings is 1. The molecule has 6 heteroatoms. The average molecular weight is 256 g/mol. The summed E-state index contributed by atoms with van der Waals surface area (Å²) in [5, 5.41) is 0.358. The molecular formula is C11H14ClN3O2. The van der Waals surface area contributed by atoms with Crippen molar-refractivity contribution in [3.8, 4) is 5.75 Å². The highest BCUT2D eigenvalue weighted by Crippen LogP contribution is 2.35. The maximum Gasteiger partial charge on any atom is 0.199 e. The molecule has 2 fully saturated rings. The van der Waals surface area contributed by atoms with Gasteiger partial charge in [-0.25, -0.2) is 9.97 Å². The number of hydrogen-bond donors (Lipinski definition) is 0. The summed E-state index contributed by atoms with van der Waals surface area (Å²) >= 11 is 6.00. The van der Waals surface area contributed by atoms with E-state index < -0.39 is 0 Å². The number of nitrogens with zero attached hydrogens (tertiary/aromatic N) is 3. The Balaban J connectivity index is 1.91. The second kappa shape index (κ2) is 4.31. The zero-order chi connectivity index (χ0) is 11.8. The van der Waals surface area contributed by atoms with E-state index in [1.807, 2.05) is 0 Å². The fraction of sp³-hybridized carbons (Fsp3) is 0.636. The maximum absolute atomic E-state index is 6.00. The van der Waals surface area contributed by atoms with Crippen LogP contribution in [0.25, 0.3) is 0 Å². The molecule has 0 spiro atoms. The van der Waals surface area contributed by atoms with E-state index in [1.165, 1.54) is 6.33 Å². The van der Waals surface area contributed by atoms with Crippen LogP contribution in [-0.2, 0) is 4.74 Å². The minimum absolute atomic E-state index is 0.312. The average Bonchev–Trinajstić information content (AvgIpc) is 2.68. The molecule has 1 aromatic heterocycles. The molecule has 2 aliphatic heterocycles. The number of halogens is 1. The van der Waals surface area contributed by atoms with Crippen molar-refractivity contribution >= 4 is 17.4 Å². The molecule has 5 nitrogen and oxygen atoms in total. The molecule has 0 saturated carbocycles. The van der Waals surface area contributed by atoms with Crippen molar-refractivity contribution in [1.29, 1.82) is 0 Å². The predicted octanol–water partition coefficient (Wildman–Crippen LogP) is 1.51. The molecule has 0 amide bonds. The largest absolute Gasteiger partial charge is 0.490 e. The third-order valence-electron chi connectivity index (χ3n) is 3.29. The SMILES string of the molecule is COc1c(Cl)ncnc1N1CC2CCC(C1)O2. The van der Waals surface area contributed by atoms with E-state index in [-0.39, 0.29) is 0 Å². The Morgan fingerprint density at radius 2 is 2.06 bits per heavy atom. The van der Waals surface area contributed by atoms with E-state index in [0.29, 0.717) is 23.1 Å². The van der Waals surface area contributed by atoms with Crippen LogP contribution in [-0.4, -0.2) is 42.4 Å². The summed E-state index contributed by atoms with van der Waals surface area (Å²) in [5.41, 5.74) is 0. The van der Waals surface area contributed by atoms with Gasteiger partial charge in [0.25, 0.3) is 0 Å². The molecule has 17 heavy (non-hydrogen) atoms. The smallest absolute Gasteiger partial charge is 0.199 e. The molecule has 2 aliphatic rings. The van der Waals surface area contributed by atoms with Crippen molar-refractivity contribution in [2.75, 3.05) is 25.1 Å². The molecule has 3 rings (SSSR count). The van der Waals surface area contributed by atoms with Crippen molar-refractivity contribution in [2.24, 2.45) is 0 Å². The molecule has 92 valence electrons. The van der Waals surface area contributed by atoms with Gasteiger partial charge in [0.2, 0.25) is 0 Å². The Morgan fingerprint density at radius 1 is 1.35 bits per heavy atom. The van der Waals surface area contributed by atoms with Gasteiger partial charge >= 0.3 is 0 Å². The first-order valence-electron chi connectivity index (χ1n) is 5.73. The summed E-state index contributed by atoms with van der Waals surface area (Å²) in [6, 6.07) is 0. The van der Waals surface area contributed by atoms with Crippen LogP contribution in [0.3, 0.4) is 0 Å². The molecular weight excluding hydrogens is 242 g/mol. The monoisotopic (exact) mass is 255 g/mol. The van der Waals surface area contributed by atoms with Crippen molar-refractivity contribution in [2.45, 2.75) is 25.0 Å². The van der Waals surface area contributed by atoms with Crippen LogP contribution >= 0.6 is 11.6 Å². The topological polar surface area (TPSA) is 47.5 Å². The van der Waals surface area contributed by atoms with Gasteiger partial charge in [0.15, 0.2) is 16.7 Å². The lowest BCUT2D eigenvalue weighted by atomic mass is 10.2. The van der Waals surface area contributed by atoms with Crippen molar-refractivity contribution < 1.29 is 9.47 Å². The van der Waals surface area contributed by atoms with Gasteiger partial charge in [-0.05, 0) is 12.8 Å². The Hall–Kier alpha value is -1.07. The van der Waals surface area contributed by atoms with Crippen LogP contribution < -0.4 is 9.64 Å². The van der Waals surface area contributed by atoms with Gasteiger partial charge < -0.3 is 14.4 Å². The Labute approximate surface area is 105 Å². The summed E-state index contributed by atoms with van der Waals surface area (Å²) in [6.45, 7) is 1.69. The van der Waals surface area contributed by atoms with Crippen molar-refractivity contribution in [1.82, 2.24) is 9.97 Å². The number of fused-ring (bicyclic) bond motifs is 2. The van der Waals surface area contributed by atoms with Gasteiger partial charge in [-0.15, -0.1) is 0 Å². The van der Waals surface area contributed by atoms with Crippen LogP contribution in [0.2, 0.25) is 5.15 Å². The predicted molar refractivity (Wildman–Crippen MR) is 63.7 cm³/mol. The number of anilines is 1. The Morgan fingerprint density at radius 3 is 2.71 bits per heavy atom. The van der Waals surface area contributed by atoms with Gasteiger partial charge in [-0.2, -0.15) is 0 Å². The fourth-order valence-electron chi connectivity index (χ4n) is 2.53. The third kappa shape index (κ3) is 1.93. The molecule has 1 aromatic rings. The highest BCUT2D eigenvalue weighted by molar-refractivity contribution is 6.31. The van der Waals surface area contributed by atoms with Gasteiger partial charge in [-0.1, -0.05) is 11.6 Å². The lowest BCUT2D eigenvalue weighted by molar-refractivity contribution is 0.0300. The number of rotatable bonds is 2. The molecule has 3 heterocycles. The van der Waals surface area contributed by atoms with Crippen molar-refractivity contribution in [3.05, 3.63) is 11.5 Å². The van der Waals surface area contributed by atoms with Crippen LogP contribution in [0.1, 0.15) is 12.8 Å².